The maximum absolute atomic E-state index is 13.1. The number of fused-ring (bicyclic) bond motifs is 3. The molecule has 11 nitrogen and oxygen atoms in total. The molecule has 11 heteroatoms. The molecule has 3 aliphatic heterocycles. The van der Waals surface area contributed by atoms with Gasteiger partial charge in [-0.1, -0.05) is 6.07 Å². The summed E-state index contributed by atoms with van der Waals surface area (Å²) in [7, 11) is 1.76. The summed E-state index contributed by atoms with van der Waals surface area (Å²) in [5.74, 6) is 0.759. The van der Waals surface area contributed by atoms with Gasteiger partial charge in [0, 0.05) is 45.5 Å². The van der Waals surface area contributed by atoms with E-state index in [9.17, 15) is 14.7 Å². The molecule has 3 atom stereocenters. The van der Waals surface area contributed by atoms with Crippen LogP contribution >= 0.6 is 0 Å². The number of ether oxygens (including phenoxy) is 1. The van der Waals surface area contributed by atoms with Gasteiger partial charge in [-0.25, -0.2) is 9.97 Å². The lowest BCUT2D eigenvalue weighted by Gasteiger charge is -2.28. The molecule has 2 bridgehead atoms. The van der Waals surface area contributed by atoms with Gasteiger partial charge in [-0.15, -0.1) is 0 Å². The molecule has 3 aliphatic rings. The SMILES string of the molecule is CN1CCNc2ncnc3c2C(C=Nc2cccc(c2)OCCCN2C[C@H](O)C[C@@H]2C1=O)C(=O)N3. The molecular formula is C24H29N7O4. The topological polar surface area (TPSA) is 132 Å². The Kier molecular flexibility index (Phi) is 6.60. The Morgan fingerprint density at radius 3 is 2.91 bits per heavy atom. The van der Waals surface area contributed by atoms with Crippen LogP contribution in [0.5, 0.6) is 5.75 Å². The van der Waals surface area contributed by atoms with Gasteiger partial charge < -0.3 is 25.4 Å². The number of aliphatic imine (C=N–C) groups is 1. The van der Waals surface area contributed by atoms with Gasteiger partial charge in [0.2, 0.25) is 11.8 Å². The number of amides is 2. The number of aliphatic hydroxyl groups is 1. The first-order valence-electron chi connectivity index (χ1n) is 11.8. The molecule has 5 rings (SSSR count). The first-order valence-corrected chi connectivity index (χ1v) is 11.8. The maximum Gasteiger partial charge on any atom is 0.239 e. The van der Waals surface area contributed by atoms with Crippen LogP contribution in [0.2, 0.25) is 0 Å². The zero-order valence-corrected chi connectivity index (χ0v) is 19.6. The van der Waals surface area contributed by atoms with Crippen LogP contribution in [-0.2, 0) is 9.59 Å². The number of rotatable bonds is 0. The van der Waals surface area contributed by atoms with Crippen molar-refractivity contribution in [1.29, 1.82) is 0 Å². The lowest BCUT2D eigenvalue weighted by atomic mass is 10.0. The van der Waals surface area contributed by atoms with Gasteiger partial charge in [0.15, 0.2) is 0 Å². The van der Waals surface area contributed by atoms with Crippen LogP contribution < -0.4 is 15.4 Å². The fraction of sp³-hybridized carbons (Fsp3) is 0.458. The number of carbonyl (C=O) groups excluding carboxylic acids is 2. The van der Waals surface area contributed by atoms with Gasteiger partial charge in [0.25, 0.3) is 0 Å². The van der Waals surface area contributed by atoms with Crippen molar-refractivity contribution >= 4 is 35.4 Å². The highest BCUT2D eigenvalue weighted by atomic mass is 16.5. The van der Waals surface area contributed by atoms with E-state index in [0.717, 1.165) is 0 Å². The second-order valence-electron chi connectivity index (χ2n) is 9.02. The number of nitrogens with one attached hydrogen (secondary N) is 2. The van der Waals surface area contributed by atoms with E-state index in [2.05, 4.69) is 25.6 Å². The number of anilines is 2. The molecule has 2 aromatic rings. The molecule has 1 fully saturated rings. The number of hydrogen-bond donors (Lipinski definition) is 3. The molecular weight excluding hydrogens is 450 g/mol. The number of carbonyl (C=O) groups is 2. The molecule has 35 heavy (non-hydrogen) atoms. The first kappa shape index (κ1) is 23.2. The standard InChI is InChI=1S/C24H29N7O4/c1-30-8-6-25-21-20-18(23(33)29-22(20)28-14-27-21)12-26-15-4-2-5-17(10-15)35-9-3-7-31-13-16(32)11-19(31)24(30)34/h2,4-5,10,12,14,16,18-19,32H,3,6-9,11,13H2,1H3,(H2,25,27,28,29,33)/t16-,18?,19-/m1/s1. The summed E-state index contributed by atoms with van der Waals surface area (Å²) in [6, 6.07) is 7.02. The van der Waals surface area contributed by atoms with Crippen molar-refractivity contribution in [3.05, 3.63) is 36.2 Å². The second kappa shape index (κ2) is 9.96. The molecule has 0 aliphatic carbocycles. The highest BCUT2D eigenvalue weighted by Gasteiger charge is 2.37. The lowest BCUT2D eigenvalue weighted by molar-refractivity contribution is -0.134. The predicted molar refractivity (Wildman–Crippen MR) is 130 cm³/mol. The molecule has 0 radical (unpaired) electrons. The molecule has 3 N–H and O–H groups in total. The smallest absolute Gasteiger partial charge is 0.239 e. The second-order valence-corrected chi connectivity index (χ2v) is 9.02. The van der Waals surface area contributed by atoms with Crippen LogP contribution in [0.25, 0.3) is 0 Å². The summed E-state index contributed by atoms with van der Waals surface area (Å²) in [4.78, 5) is 42.6. The van der Waals surface area contributed by atoms with E-state index in [-0.39, 0.29) is 17.9 Å². The average molecular weight is 480 g/mol. The highest BCUT2D eigenvalue weighted by Crippen LogP contribution is 2.35. The van der Waals surface area contributed by atoms with Crippen molar-refractivity contribution < 1.29 is 19.4 Å². The third-order valence-electron chi connectivity index (χ3n) is 6.55. The van der Waals surface area contributed by atoms with E-state index < -0.39 is 12.0 Å². The minimum Gasteiger partial charge on any atom is -0.493 e. The Morgan fingerprint density at radius 1 is 1.17 bits per heavy atom. The van der Waals surface area contributed by atoms with Gasteiger partial charge in [-0.2, -0.15) is 0 Å². The Balaban J connectivity index is 1.43. The monoisotopic (exact) mass is 479 g/mol. The van der Waals surface area contributed by atoms with Crippen LogP contribution in [0.4, 0.5) is 17.3 Å². The average Bonchev–Trinajstić information content (AvgIpc) is 3.38. The van der Waals surface area contributed by atoms with E-state index >= 15 is 0 Å². The van der Waals surface area contributed by atoms with Crippen molar-refractivity contribution in [2.24, 2.45) is 4.99 Å². The van der Waals surface area contributed by atoms with Crippen LogP contribution in [0.15, 0.2) is 35.6 Å². The molecule has 0 spiro atoms. The van der Waals surface area contributed by atoms with Crippen molar-refractivity contribution in [2.45, 2.75) is 30.9 Å². The van der Waals surface area contributed by atoms with E-state index in [1.54, 1.807) is 18.2 Å². The molecule has 1 unspecified atom stereocenters. The maximum atomic E-state index is 13.1. The van der Waals surface area contributed by atoms with Gasteiger partial charge in [0.05, 0.1) is 30.0 Å². The van der Waals surface area contributed by atoms with E-state index in [1.807, 2.05) is 29.2 Å². The summed E-state index contributed by atoms with van der Waals surface area (Å²) < 4.78 is 5.91. The fourth-order valence-electron chi connectivity index (χ4n) is 4.76. The van der Waals surface area contributed by atoms with Crippen molar-refractivity contribution in [2.75, 3.05) is 50.5 Å². The molecule has 2 amide bonds. The van der Waals surface area contributed by atoms with Crippen LogP contribution in [-0.4, -0.2) is 94.9 Å². The predicted octanol–water partition coefficient (Wildman–Crippen LogP) is 1.00. The normalized spacial score (nSPS) is 25.4. The molecule has 1 aromatic carbocycles. The van der Waals surface area contributed by atoms with Crippen LogP contribution in [0, 0.1) is 0 Å². The zero-order chi connectivity index (χ0) is 24.4. The summed E-state index contributed by atoms with van der Waals surface area (Å²) in [5, 5.41) is 16.3. The lowest BCUT2D eigenvalue weighted by Crippen LogP contribution is -2.45. The number of aliphatic hydroxyl groups excluding tert-OH is 1. The van der Waals surface area contributed by atoms with Crippen LogP contribution in [0.1, 0.15) is 24.3 Å². The highest BCUT2D eigenvalue weighted by molar-refractivity contribution is 6.13. The zero-order valence-electron chi connectivity index (χ0n) is 19.6. The molecule has 4 heterocycles. The Labute approximate surface area is 203 Å². The number of hydrogen-bond acceptors (Lipinski definition) is 9. The third-order valence-corrected chi connectivity index (χ3v) is 6.55. The van der Waals surface area contributed by atoms with Crippen molar-refractivity contribution in [3.8, 4) is 5.75 Å². The number of aromatic nitrogens is 2. The fourth-order valence-corrected chi connectivity index (χ4v) is 4.76. The summed E-state index contributed by atoms with van der Waals surface area (Å²) in [5.41, 5.74) is 1.30. The minimum atomic E-state index is -0.645. The Bertz CT molecular complexity index is 1140. The van der Waals surface area contributed by atoms with Crippen molar-refractivity contribution in [1.82, 2.24) is 19.8 Å². The minimum absolute atomic E-state index is 0.0235. The molecule has 0 saturated carbocycles. The molecule has 1 saturated heterocycles. The molecule has 1 aromatic heterocycles. The summed E-state index contributed by atoms with van der Waals surface area (Å²) in [6.07, 6.45) is 3.61. The Morgan fingerprint density at radius 2 is 2.03 bits per heavy atom. The third kappa shape index (κ3) is 4.96. The number of likely N-dealkylation sites (N-methyl/N-ethyl adjacent to an activating group) is 1. The van der Waals surface area contributed by atoms with E-state index in [0.29, 0.717) is 74.3 Å². The molecule has 184 valence electrons. The van der Waals surface area contributed by atoms with Gasteiger partial charge in [-0.05, 0) is 25.0 Å². The summed E-state index contributed by atoms with van der Waals surface area (Å²) >= 11 is 0. The van der Waals surface area contributed by atoms with E-state index in [1.165, 1.54) is 6.33 Å². The van der Waals surface area contributed by atoms with Gasteiger partial charge >= 0.3 is 0 Å². The first-order chi connectivity index (χ1) is 17.0. The van der Waals surface area contributed by atoms with Gasteiger partial charge in [-0.3, -0.25) is 19.5 Å². The largest absolute Gasteiger partial charge is 0.493 e. The van der Waals surface area contributed by atoms with Crippen LogP contribution in [0.3, 0.4) is 0 Å². The van der Waals surface area contributed by atoms with Gasteiger partial charge in [0.1, 0.15) is 29.6 Å². The van der Waals surface area contributed by atoms with E-state index in [4.69, 9.17) is 4.74 Å². The quantitative estimate of drug-likeness (QED) is 0.510. The summed E-state index contributed by atoms with van der Waals surface area (Å²) in [6.45, 7) is 2.48. The Hall–Kier alpha value is -3.57. The number of nitrogens with zero attached hydrogens (tertiary/aromatic N) is 5. The number of benzene rings is 1. The van der Waals surface area contributed by atoms with Crippen molar-refractivity contribution in [3.63, 3.8) is 0 Å².